The first-order valence-electron chi connectivity index (χ1n) is 24.4. The van der Waals surface area contributed by atoms with Crippen molar-refractivity contribution >= 4 is 0 Å². The van der Waals surface area contributed by atoms with Crippen molar-refractivity contribution in [1.29, 1.82) is 0 Å². The zero-order chi connectivity index (χ0) is 47.5. The summed E-state index contributed by atoms with van der Waals surface area (Å²) in [6, 6.07) is 12.9. The number of fused-ring (bicyclic) bond motifs is 8. The predicted octanol–water partition coefficient (Wildman–Crippen LogP) is 14.5. The molecule has 4 aromatic carbocycles. The third-order valence-corrected chi connectivity index (χ3v) is 15.7. The molecule has 5 rings (SSSR count). The molecule has 64 heavy (non-hydrogen) atoms. The Bertz CT molecular complexity index is 1790. The highest BCUT2D eigenvalue weighted by molar-refractivity contribution is 5.62. The number of phenolic OH excluding ortho intramolecular Hbond substituents is 8. The molecule has 0 unspecified atom stereocenters. The highest BCUT2D eigenvalue weighted by atomic mass is 16.3. The van der Waals surface area contributed by atoms with Gasteiger partial charge in [-0.1, -0.05) is 109 Å². The number of aromatic hydroxyl groups is 8. The summed E-state index contributed by atoms with van der Waals surface area (Å²) < 4.78 is 0. The van der Waals surface area contributed by atoms with Crippen molar-refractivity contribution in [2.75, 3.05) is 0 Å². The lowest BCUT2D eigenvalue weighted by atomic mass is 9.72. The molecule has 1 aliphatic carbocycles. The van der Waals surface area contributed by atoms with Crippen molar-refractivity contribution in [2.24, 2.45) is 47.3 Å². The number of rotatable bonds is 16. The second-order valence-electron chi connectivity index (χ2n) is 20.7. The second-order valence-corrected chi connectivity index (χ2v) is 20.7. The quantitative estimate of drug-likeness (QED) is 0.0552. The summed E-state index contributed by atoms with van der Waals surface area (Å²) in [5.41, 5.74) is 4.06. The van der Waals surface area contributed by atoms with E-state index in [1.165, 1.54) is 24.3 Å². The number of phenols is 8. The Morgan fingerprint density at radius 1 is 0.281 bits per heavy atom. The van der Waals surface area contributed by atoms with Gasteiger partial charge in [0.2, 0.25) is 0 Å². The smallest absolute Gasteiger partial charge is 0.123 e. The Kier molecular flexibility index (Phi) is 16.5. The van der Waals surface area contributed by atoms with Crippen LogP contribution in [0.25, 0.3) is 0 Å². The van der Waals surface area contributed by atoms with E-state index in [0.29, 0.717) is 70.2 Å². The summed E-state index contributed by atoms with van der Waals surface area (Å²) in [5, 5.41) is 96.1. The Hall–Kier alpha value is -4.72. The molecule has 8 N–H and O–H groups in total. The third-order valence-electron chi connectivity index (χ3n) is 15.7. The molecule has 1 aliphatic rings. The third kappa shape index (κ3) is 10.5. The molecule has 8 heteroatoms. The zero-order valence-corrected chi connectivity index (χ0v) is 40.8. The first-order chi connectivity index (χ1) is 30.2. The van der Waals surface area contributed by atoms with Gasteiger partial charge < -0.3 is 40.9 Å². The molecule has 0 spiro atoms. The van der Waals surface area contributed by atoms with Crippen LogP contribution in [0.1, 0.15) is 203 Å². The van der Waals surface area contributed by atoms with Crippen LogP contribution in [-0.4, -0.2) is 40.9 Å². The van der Waals surface area contributed by atoms with Gasteiger partial charge in [-0.25, -0.2) is 0 Å². The van der Waals surface area contributed by atoms with E-state index in [1.807, 2.05) is 24.3 Å². The second kappa shape index (κ2) is 21.1. The first-order valence-corrected chi connectivity index (χ1v) is 24.4. The molecule has 0 saturated carbocycles. The number of hydrogen-bond donors (Lipinski definition) is 8. The number of hydrogen-bond acceptors (Lipinski definition) is 8. The Labute approximate surface area is 384 Å². The van der Waals surface area contributed by atoms with Crippen molar-refractivity contribution in [1.82, 2.24) is 0 Å². The first kappa shape index (κ1) is 50.3. The predicted molar refractivity (Wildman–Crippen MR) is 259 cm³/mol. The molecule has 0 radical (unpaired) electrons. The maximum absolute atomic E-state index is 12.0. The molecule has 352 valence electrons. The molecular weight excluding hydrogens is 801 g/mol. The van der Waals surface area contributed by atoms with Gasteiger partial charge in [0.15, 0.2) is 0 Å². The van der Waals surface area contributed by atoms with Crippen LogP contribution in [0, 0.1) is 47.3 Å². The van der Waals surface area contributed by atoms with Gasteiger partial charge in [-0.05, 0) is 97.3 Å². The molecule has 0 fully saturated rings. The summed E-state index contributed by atoms with van der Waals surface area (Å²) in [4.78, 5) is 0. The van der Waals surface area contributed by atoms with Crippen LogP contribution in [0.5, 0.6) is 46.0 Å². The van der Waals surface area contributed by atoms with E-state index in [-0.39, 0.29) is 93.3 Å². The highest BCUT2D eigenvalue weighted by Gasteiger charge is 2.36. The normalized spacial score (nSPS) is 19.6. The maximum atomic E-state index is 12.0. The lowest BCUT2D eigenvalue weighted by Crippen LogP contribution is -2.18. The van der Waals surface area contributed by atoms with Gasteiger partial charge in [0, 0.05) is 92.4 Å². The van der Waals surface area contributed by atoms with Crippen LogP contribution in [0.15, 0.2) is 48.5 Å². The van der Waals surface area contributed by atoms with E-state index in [0.717, 1.165) is 25.7 Å². The van der Waals surface area contributed by atoms with Gasteiger partial charge in [-0.3, -0.25) is 0 Å². The average molecular weight is 881 g/mol. The van der Waals surface area contributed by atoms with Crippen molar-refractivity contribution < 1.29 is 40.9 Å². The van der Waals surface area contributed by atoms with Gasteiger partial charge in [0.05, 0.1) is 0 Å². The van der Waals surface area contributed by atoms with Gasteiger partial charge in [-0.2, -0.15) is 0 Å². The minimum atomic E-state index is -0.598. The van der Waals surface area contributed by atoms with Crippen LogP contribution >= 0.6 is 0 Å². The average Bonchev–Trinajstić information content (AvgIpc) is 3.21. The summed E-state index contributed by atoms with van der Waals surface area (Å²) in [6.45, 7) is 25.9. The van der Waals surface area contributed by atoms with Crippen LogP contribution in [0.2, 0.25) is 0 Å². The van der Waals surface area contributed by atoms with Gasteiger partial charge in [-0.15, -0.1) is 0 Å². The lowest BCUT2D eigenvalue weighted by molar-refractivity contribution is 0.321. The SMILES string of the molecule is CC[C@H](CC1c2cc(c(O)cc2O)C(C[C@@H](CC)C(C)C)c2cc(c(O)cc2O)C(C[C@@H](CC)C(C)C)c2cc(c(O)cc2O)C(C[C@@H](CC)C(C)C)c2cc1c(O)cc2O)C(C)C. The molecule has 0 aliphatic heterocycles. The fraction of sp³-hybridized carbons (Fsp3) is 0.571. The van der Waals surface area contributed by atoms with Gasteiger partial charge in [0.25, 0.3) is 0 Å². The van der Waals surface area contributed by atoms with Crippen molar-refractivity contribution in [3.63, 3.8) is 0 Å². The van der Waals surface area contributed by atoms with Crippen LogP contribution in [0.3, 0.4) is 0 Å². The Morgan fingerprint density at radius 2 is 0.422 bits per heavy atom. The summed E-state index contributed by atoms with van der Waals surface area (Å²) in [5.74, 6) is -1.78. The molecule has 8 nitrogen and oxygen atoms in total. The largest absolute Gasteiger partial charge is 0.508 e. The topological polar surface area (TPSA) is 162 Å². The van der Waals surface area contributed by atoms with E-state index in [4.69, 9.17) is 0 Å². The molecule has 4 aromatic rings. The van der Waals surface area contributed by atoms with E-state index < -0.39 is 23.7 Å². The minimum Gasteiger partial charge on any atom is -0.508 e. The maximum Gasteiger partial charge on any atom is 0.123 e. The lowest BCUT2D eigenvalue weighted by Gasteiger charge is -2.33. The molecule has 4 atom stereocenters. The van der Waals surface area contributed by atoms with E-state index >= 15 is 0 Å². The van der Waals surface area contributed by atoms with Crippen molar-refractivity contribution in [3.8, 4) is 46.0 Å². The molecular formula is C56H80O8. The molecule has 0 aromatic heterocycles. The van der Waals surface area contributed by atoms with Gasteiger partial charge >= 0.3 is 0 Å². The summed E-state index contributed by atoms with van der Waals surface area (Å²) in [6.07, 6.45) is 5.47. The van der Waals surface area contributed by atoms with Crippen LogP contribution in [-0.2, 0) is 0 Å². The van der Waals surface area contributed by atoms with Crippen LogP contribution < -0.4 is 0 Å². The molecule has 0 saturated heterocycles. The molecule has 8 bridgehead atoms. The van der Waals surface area contributed by atoms with Crippen molar-refractivity contribution in [2.45, 2.75) is 158 Å². The standard InChI is InChI=1S/C56H80O8/c1-13-33(29(5)6)17-37-41-21-43(51(59)25-49(41)57)38(18-34(14-2)30(7)8)45-23-47(55(63)27-53(45)61)40(20-36(16-4)32(11)12)48-24-46(54(62)28-56(48)64)39(19-35(15-3)31(9)10)44-22-42(37)50(58)26-52(44)60/h21-40,57-64H,13-20H2,1-12H3/t33-,34-,35-,36-,37?,38?,39?,40?/m1/s1. The molecule has 0 amide bonds. The monoisotopic (exact) mass is 881 g/mol. The van der Waals surface area contributed by atoms with Gasteiger partial charge in [0.1, 0.15) is 46.0 Å². The summed E-state index contributed by atoms with van der Waals surface area (Å²) >= 11 is 0. The van der Waals surface area contributed by atoms with Crippen molar-refractivity contribution in [3.05, 3.63) is 93.0 Å². The van der Waals surface area contributed by atoms with E-state index in [9.17, 15) is 40.9 Å². The van der Waals surface area contributed by atoms with E-state index in [2.05, 4.69) is 83.1 Å². The number of benzene rings is 4. The van der Waals surface area contributed by atoms with Crippen LogP contribution in [0.4, 0.5) is 0 Å². The Balaban J connectivity index is 2.05. The highest BCUT2D eigenvalue weighted by Crippen LogP contribution is 2.54. The Morgan fingerprint density at radius 3 is 0.531 bits per heavy atom. The molecule has 0 heterocycles. The fourth-order valence-electron chi connectivity index (χ4n) is 11.2. The minimum absolute atomic E-state index is 0.132. The fourth-order valence-corrected chi connectivity index (χ4v) is 11.2. The zero-order valence-electron chi connectivity index (χ0n) is 40.8. The summed E-state index contributed by atoms with van der Waals surface area (Å²) in [7, 11) is 0. The van der Waals surface area contributed by atoms with E-state index in [1.54, 1.807) is 0 Å².